The minimum atomic E-state index is -0.580. The number of rotatable bonds is 9. The van der Waals surface area contributed by atoms with Crippen LogP contribution in [0.2, 0.25) is 0 Å². The number of hydrazine groups is 1. The van der Waals surface area contributed by atoms with Crippen LogP contribution in [-0.2, 0) is 11.2 Å². The van der Waals surface area contributed by atoms with Crippen LogP contribution < -0.4 is 22.4 Å². The summed E-state index contributed by atoms with van der Waals surface area (Å²) in [5.74, 6) is 4.74. The normalized spacial score (nSPS) is 12.4. The number of carbonyl (C=O) groups is 2. The number of benzene rings is 2. The van der Waals surface area contributed by atoms with Gasteiger partial charge in [-0.3, -0.25) is 14.8 Å². The number of hydrogen-bond donors (Lipinski definition) is 5. The van der Waals surface area contributed by atoms with Gasteiger partial charge in [0.05, 0.1) is 19.0 Å². The molecule has 3 rings (SSSR count). The van der Waals surface area contributed by atoms with Crippen LogP contribution in [0, 0.1) is 5.82 Å². The van der Waals surface area contributed by atoms with Gasteiger partial charge < -0.3 is 16.1 Å². The maximum atomic E-state index is 13.0. The second-order valence-corrected chi connectivity index (χ2v) is 8.36. The van der Waals surface area contributed by atoms with E-state index in [1.165, 1.54) is 35.5 Å². The fourth-order valence-electron chi connectivity index (χ4n) is 3.14. The van der Waals surface area contributed by atoms with Crippen molar-refractivity contribution in [2.75, 3.05) is 6.54 Å². The molecule has 1 unspecified atom stereocenters. The van der Waals surface area contributed by atoms with E-state index >= 15 is 0 Å². The molecule has 0 spiro atoms. The van der Waals surface area contributed by atoms with Crippen molar-refractivity contribution >= 4 is 33.2 Å². The Morgan fingerprint density at radius 2 is 1.91 bits per heavy atom. The average Bonchev–Trinajstić information content (AvgIpc) is 3.19. The van der Waals surface area contributed by atoms with E-state index in [-0.39, 0.29) is 18.7 Å². The molecule has 10 heteroatoms. The lowest BCUT2D eigenvalue weighted by molar-refractivity contribution is -0.130. The Morgan fingerprint density at radius 3 is 2.59 bits per heavy atom. The average molecular weight is 458 g/mol. The van der Waals surface area contributed by atoms with Crippen LogP contribution in [0.4, 0.5) is 4.39 Å². The largest absolute Gasteiger partial charge is 0.399 e. The van der Waals surface area contributed by atoms with E-state index in [4.69, 9.17) is 16.8 Å². The number of carbonyl (C=O) groups excluding carboxylic acids is 2. The summed E-state index contributed by atoms with van der Waals surface area (Å²) in [5, 5.41) is 14.0. The predicted octanol–water partition coefficient (Wildman–Crippen LogP) is 2.25. The molecule has 168 valence electrons. The zero-order chi connectivity index (χ0) is 23.1. The topological polar surface area (TPSA) is 134 Å². The molecule has 1 heterocycles. The third-order valence-electron chi connectivity index (χ3n) is 4.76. The smallest absolute Gasteiger partial charge is 0.251 e. The monoisotopic (exact) mass is 457 g/mol. The van der Waals surface area contributed by atoms with Crippen molar-refractivity contribution in [1.82, 2.24) is 15.8 Å². The number of hydrogen-bond acceptors (Lipinski definition) is 7. The summed E-state index contributed by atoms with van der Waals surface area (Å²) in [5.41, 5.74) is 8.18. The number of hydroxylamine groups is 1. The lowest BCUT2D eigenvalue weighted by atomic mass is 10.1. The first kappa shape index (κ1) is 23.2. The van der Waals surface area contributed by atoms with E-state index < -0.39 is 23.7 Å². The molecule has 0 aliphatic heterocycles. The van der Waals surface area contributed by atoms with Crippen molar-refractivity contribution in [3.63, 3.8) is 0 Å². The van der Waals surface area contributed by atoms with Crippen molar-refractivity contribution in [1.29, 1.82) is 0 Å². The fraction of sp³-hybridized carbons (Fsp3) is 0.182. The first-order chi connectivity index (χ1) is 15.4. The van der Waals surface area contributed by atoms with Gasteiger partial charge in [0, 0.05) is 33.5 Å². The van der Waals surface area contributed by atoms with Crippen molar-refractivity contribution in [3.8, 4) is 0 Å². The van der Waals surface area contributed by atoms with Gasteiger partial charge in [0.1, 0.15) is 5.82 Å². The minimum Gasteiger partial charge on any atom is -0.399 e. The highest BCUT2D eigenvalue weighted by atomic mass is 32.1. The maximum absolute atomic E-state index is 13.0. The number of fused-ring (bicyclic) bond motifs is 1. The van der Waals surface area contributed by atoms with Crippen LogP contribution in [0.3, 0.4) is 0 Å². The van der Waals surface area contributed by atoms with Crippen molar-refractivity contribution in [3.05, 3.63) is 82.8 Å². The molecule has 0 saturated heterocycles. The fourth-order valence-corrected chi connectivity index (χ4v) is 4.28. The summed E-state index contributed by atoms with van der Waals surface area (Å²) in [6, 6.07) is 14.6. The van der Waals surface area contributed by atoms with Gasteiger partial charge in [0.15, 0.2) is 0 Å². The van der Waals surface area contributed by atoms with Gasteiger partial charge in [-0.05, 0) is 41.8 Å². The minimum absolute atomic E-state index is 0.00567. The third-order valence-corrected chi connectivity index (χ3v) is 5.89. The number of halogens is 1. The summed E-state index contributed by atoms with van der Waals surface area (Å²) in [6.07, 6.45) is 1.83. The summed E-state index contributed by atoms with van der Waals surface area (Å²) >= 11 is 1.60. The van der Waals surface area contributed by atoms with Gasteiger partial charge in [-0.2, -0.15) is 0 Å². The first-order valence-corrected chi connectivity index (χ1v) is 10.6. The molecular weight excluding hydrogens is 433 g/mol. The van der Waals surface area contributed by atoms with E-state index in [9.17, 15) is 14.0 Å². The van der Waals surface area contributed by atoms with Crippen molar-refractivity contribution in [2.24, 2.45) is 11.6 Å². The van der Waals surface area contributed by atoms with Crippen LogP contribution in [0.15, 0.2) is 66.5 Å². The number of nitrogens with one attached hydrogen (secondary N) is 2. The Balaban J connectivity index is 1.66. The van der Waals surface area contributed by atoms with E-state index in [1.807, 2.05) is 30.3 Å². The summed E-state index contributed by atoms with van der Waals surface area (Å²) in [4.78, 5) is 25.0. The summed E-state index contributed by atoms with van der Waals surface area (Å²) in [6.45, 7) is 0.00567. The zero-order valence-corrected chi connectivity index (χ0v) is 17.9. The molecule has 1 atom stereocenters. The lowest BCUT2D eigenvalue weighted by Crippen LogP contribution is -2.42. The van der Waals surface area contributed by atoms with Crippen LogP contribution in [0.1, 0.15) is 21.7 Å². The third kappa shape index (κ3) is 6.27. The summed E-state index contributed by atoms with van der Waals surface area (Å²) in [7, 11) is 0. The first-order valence-electron chi connectivity index (χ1n) is 9.79. The van der Waals surface area contributed by atoms with Gasteiger partial charge in [0.25, 0.3) is 5.91 Å². The molecule has 0 radical (unpaired) electrons. The maximum Gasteiger partial charge on any atom is 0.251 e. The van der Waals surface area contributed by atoms with Crippen LogP contribution in [-0.4, -0.2) is 34.6 Å². The highest BCUT2D eigenvalue weighted by molar-refractivity contribution is 7.19. The molecule has 2 amide bonds. The Bertz CT molecular complexity index is 1080. The molecule has 0 saturated carbocycles. The van der Waals surface area contributed by atoms with Crippen molar-refractivity contribution in [2.45, 2.75) is 18.9 Å². The SMILES string of the molecule is N/C(=C\N(N)C(CC(=O)NO)Cc1cc2ccccc2s1)CNC(=O)c1ccc(F)cc1. The molecule has 32 heavy (non-hydrogen) atoms. The van der Waals surface area contributed by atoms with Gasteiger partial charge >= 0.3 is 0 Å². The molecule has 0 fully saturated rings. The van der Waals surface area contributed by atoms with Crippen LogP contribution in [0.5, 0.6) is 0 Å². The molecule has 0 aliphatic rings. The number of nitrogens with two attached hydrogens (primary N) is 2. The molecule has 3 aromatic rings. The Kier molecular flexibility index (Phi) is 7.77. The molecule has 7 N–H and O–H groups in total. The van der Waals surface area contributed by atoms with E-state index in [0.29, 0.717) is 12.0 Å². The Morgan fingerprint density at radius 1 is 1.19 bits per heavy atom. The van der Waals surface area contributed by atoms with E-state index in [0.717, 1.165) is 15.0 Å². The van der Waals surface area contributed by atoms with Crippen molar-refractivity contribution < 1.29 is 19.2 Å². The zero-order valence-electron chi connectivity index (χ0n) is 17.1. The number of thiophene rings is 1. The second kappa shape index (κ2) is 10.7. The van der Waals surface area contributed by atoms with E-state index in [2.05, 4.69) is 5.32 Å². The molecular formula is C22H24FN5O3S. The highest BCUT2D eigenvalue weighted by Gasteiger charge is 2.20. The quantitative estimate of drug-likeness (QED) is 0.190. The van der Waals surface area contributed by atoms with Gasteiger partial charge in [0.2, 0.25) is 5.91 Å². The second-order valence-electron chi connectivity index (χ2n) is 7.19. The number of nitrogens with zero attached hydrogens (tertiary/aromatic N) is 1. The van der Waals surface area contributed by atoms with Gasteiger partial charge in [-0.25, -0.2) is 15.7 Å². The molecule has 1 aromatic heterocycles. The highest BCUT2D eigenvalue weighted by Crippen LogP contribution is 2.27. The standard InChI is InChI=1S/C22H24FN5O3S/c23-16-7-5-14(6-8-16)22(30)26-12-17(24)13-28(25)18(11-21(29)27-31)10-19-9-15-3-1-2-4-20(15)32-19/h1-9,13,18,31H,10-12,24-25H2,(H,26,30)(H,27,29)/b17-13-. The van der Waals surface area contributed by atoms with Crippen LogP contribution >= 0.6 is 11.3 Å². The predicted molar refractivity (Wildman–Crippen MR) is 121 cm³/mol. The molecule has 2 aromatic carbocycles. The molecule has 0 aliphatic carbocycles. The molecule has 0 bridgehead atoms. The summed E-state index contributed by atoms with van der Waals surface area (Å²) < 4.78 is 14.1. The lowest BCUT2D eigenvalue weighted by Gasteiger charge is -2.26. The van der Waals surface area contributed by atoms with Gasteiger partial charge in [-0.1, -0.05) is 18.2 Å². The Hall–Kier alpha value is -3.47. The molecule has 8 nitrogen and oxygen atoms in total. The van der Waals surface area contributed by atoms with Gasteiger partial charge in [-0.15, -0.1) is 11.3 Å². The van der Waals surface area contributed by atoms with E-state index in [1.54, 1.807) is 16.8 Å². The Labute approximate surface area is 188 Å². The number of amides is 2. The van der Waals surface area contributed by atoms with Crippen LogP contribution in [0.25, 0.3) is 10.1 Å².